The molecule has 0 fully saturated rings. The lowest BCUT2D eigenvalue weighted by Crippen LogP contribution is -2.14. The summed E-state index contributed by atoms with van der Waals surface area (Å²) in [4.78, 5) is 17.9. The fourth-order valence-electron chi connectivity index (χ4n) is 2.36. The van der Waals surface area contributed by atoms with Crippen LogP contribution in [0.25, 0.3) is 0 Å². The Labute approximate surface area is 130 Å². The first-order valence-corrected chi connectivity index (χ1v) is 8.34. The van der Waals surface area contributed by atoms with Gasteiger partial charge in [0.25, 0.3) is 0 Å². The number of carbonyl (C=O) groups is 1. The minimum absolute atomic E-state index is 0.00146. The van der Waals surface area contributed by atoms with E-state index in [4.69, 9.17) is 0 Å². The molecule has 20 heavy (non-hydrogen) atoms. The highest BCUT2D eigenvalue weighted by atomic mass is 79.9. The Morgan fingerprint density at radius 2 is 2.00 bits per heavy atom. The number of halogens is 1. The Morgan fingerprint density at radius 3 is 2.75 bits per heavy atom. The van der Waals surface area contributed by atoms with E-state index in [1.165, 1.54) is 23.4 Å². The number of amides is 1. The van der Waals surface area contributed by atoms with Gasteiger partial charge in [-0.3, -0.25) is 4.79 Å². The first kappa shape index (κ1) is 13.8. The molecule has 0 bridgehead atoms. The molecule has 1 heterocycles. The normalized spacial score (nSPS) is 13.8. The molecule has 104 valence electrons. The van der Waals surface area contributed by atoms with E-state index < -0.39 is 0 Å². The number of hydrogen-bond acceptors (Lipinski definition) is 3. The van der Waals surface area contributed by atoms with Gasteiger partial charge in [0.1, 0.15) is 0 Å². The summed E-state index contributed by atoms with van der Waals surface area (Å²) in [6.45, 7) is 0. The van der Waals surface area contributed by atoms with Crippen LogP contribution in [-0.4, -0.2) is 10.9 Å². The van der Waals surface area contributed by atoms with Crippen LogP contribution >= 0.6 is 27.3 Å². The number of rotatable bonds is 3. The van der Waals surface area contributed by atoms with Crippen molar-refractivity contribution in [2.75, 3.05) is 5.32 Å². The van der Waals surface area contributed by atoms with Crippen molar-refractivity contribution < 1.29 is 4.79 Å². The van der Waals surface area contributed by atoms with Crippen molar-refractivity contribution in [1.82, 2.24) is 4.98 Å². The van der Waals surface area contributed by atoms with Crippen LogP contribution in [0.5, 0.6) is 0 Å². The van der Waals surface area contributed by atoms with Crippen LogP contribution in [0.15, 0.2) is 28.7 Å². The van der Waals surface area contributed by atoms with Gasteiger partial charge in [-0.25, -0.2) is 4.98 Å². The molecule has 1 aromatic heterocycles. The molecule has 3 nitrogen and oxygen atoms in total. The highest BCUT2D eigenvalue weighted by molar-refractivity contribution is 9.10. The first-order valence-electron chi connectivity index (χ1n) is 6.73. The van der Waals surface area contributed by atoms with Gasteiger partial charge in [0, 0.05) is 9.35 Å². The van der Waals surface area contributed by atoms with E-state index in [2.05, 4.69) is 26.2 Å². The molecule has 0 atom stereocenters. The van der Waals surface area contributed by atoms with Crippen LogP contribution in [0.4, 0.5) is 5.13 Å². The van der Waals surface area contributed by atoms with Gasteiger partial charge >= 0.3 is 0 Å². The van der Waals surface area contributed by atoms with Crippen molar-refractivity contribution in [3.8, 4) is 0 Å². The zero-order valence-electron chi connectivity index (χ0n) is 11.0. The lowest BCUT2D eigenvalue weighted by atomic mass is 10.0. The largest absolute Gasteiger partial charge is 0.302 e. The Morgan fingerprint density at radius 1 is 1.25 bits per heavy atom. The number of anilines is 1. The van der Waals surface area contributed by atoms with Crippen LogP contribution in [0, 0.1) is 0 Å². The van der Waals surface area contributed by atoms with Crippen LogP contribution in [0.2, 0.25) is 0 Å². The molecular weight excluding hydrogens is 336 g/mol. The molecule has 1 amide bonds. The van der Waals surface area contributed by atoms with E-state index in [9.17, 15) is 4.79 Å². The summed E-state index contributed by atoms with van der Waals surface area (Å²) in [7, 11) is 0. The van der Waals surface area contributed by atoms with Gasteiger partial charge in [-0.1, -0.05) is 28.1 Å². The summed E-state index contributed by atoms with van der Waals surface area (Å²) < 4.78 is 1.02. The fraction of sp³-hybridized carbons (Fsp3) is 0.333. The summed E-state index contributed by atoms with van der Waals surface area (Å²) >= 11 is 5.02. The van der Waals surface area contributed by atoms with Crippen molar-refractivity contribution in [3.63, 3.8) is 0 Å². The van der Waals surface area contributed by atoms with Gasteiger partial charge in [-0.2, -0.15) is 0 Å². The van der Waals surface area contributed by atoms with Crippen molar-refractivity contribution in [2.45, 2.75) is 32.1 Å². The predicted octanol–water partition coefficient (Wildman–Crippen LogP) is 3.97. The molecular formula is C15H15BrN2OS. The van der Waals surface area contributed by atoms with Crippen LogP contribution in [-0.2, 0) is 24.1 Å². The summed E-state index contributed by atoms with van der Waals surface area (Å²) in [6.07, 6.45) is 4.99. The molecule has 0 unspecified atom stereocenters. The second kappa shape index (κ2) is 6.06. The van der Waals surface area contributed by atoms with Gasteiger partial charge < -0.3 is 5.32 Å². The third-order valence-corrected chi connectivity index (χ3v) is 4.97. The molecule has 5 heteroatoms. The standard InChI is InChI=1S/C15H15BrN2OS/c16-11-7-5-10(6-8-11)9-14(19)18-15-17-12-3-1-2-4-13(12)20-15/h5-8H,1-4,9H2,(H,17,18,19). The number of aromatic nitrogens is 1. The van der Waals surface area contributed by atoms with E-state index in [-0.39, 0.29) is 5.91 Å². The lowest BCUT2D eigenvalue weighted by molar-refractivity contribution is -0.115. The molecule has 1 aliphatic rings. The maximum Gasteiger partial charge on any atom is 0.230 e. The van der Waals surface area contributed by atoms with Crippen molar-refractivity contribution in [2.24, 2.45) is 0 Å². The molecule has 0 saturated carbocycles. The maximum absolute atomic E-state index is 12.0. The molecule has 0 radical (unpaired) electrons. The molecule has 0 saturated heterocycles. The zero-order chi connectivity index (χ0) is 13.9. The Kier molecular flexibility index (Phi) is 4.17. The van der Waals surface area contributed by atoms with Gasteiger partial charge in [0.15, 0.2) is 5.13 Å². The van der Waals surface area contributed by atoms with E-state index in [1.807, 2.05) is 24.3 Å². The molecule has 3 rings (SSSR count). The van der Waals surface area contributed by atoms with Gasteiger partial charge in [0.2, 0.25) is 5.91 Å². The number of carbonyl (C=O) groups excluding carboxylic acids is 1. The van der Waals surface area contributed by atoms with Crippen LogP contribution in [0.1, 0.15) is 29.0 Å². The number of nitrogens with one attached hydrogen (secondary N) is 1. The highest BCUT2D eigenvalue weighted by Crippen LogP contribution is 2.29. The average molecular weight is 351 g/mol. The summed E-state index contributed by atoms with van der Waals surface area (Å²) in [5, 5.41) is 3.67. The van der Waals surface area contributed by atoms with E-state index in [0.717, 1.165) is 28.0 Å². The molecule has 1 aromatic carbocycles. The number of benzene rings is 1. The average Bonchev–Trinajstić information content (AvgIpc) is 2.83. The van der Waals surface area contributed by atoms with E-state index in [1.54, 1.807) is 11.3 Å². The van der Waals surface area contributed by atoms with Crippen LogP contribution in [0.3, 0.4) is 0 Å². The molecule has 2 aromatic rings. The third kappa shape index (κ3) is 3.27. The summed E-state index contributed by atoms with van der Waals surface area (Å²) in [5.41, 5.74) is 2.19. The van der Waals surface area contributed by atoms with E-state index in [0.29, 0.717) is 6.42 Å². The molecule has 1 aliphatic carbocycles. The topological polar surface area (TPSA) is 42.0 Å². The van der Waals surface area contributed by atoms with Gasteiger partial charge in [-0.05, 0) is 43.4 Å². The monoisotopic (exact) mass is 350 g/mol. The quantitative estimate of drug-likeness (QED) is 0.909. The Hall–Kier alpha value is -1.20. The SMILES string of the molecule is O=C(Cc1ccc(Br)cc1)Nc1nc2c(s1)CCCC2. The van der Waals surface area contributed by atoms with Crippen molar-refractivity contribution >= 4 is 38.3 Å². The van der Waals surface area contributed by atoms with Crippen molar-refractivity contribution in [1.29, 1.82) is 0 Å². The Balaban J connectivity index is 1.63. The van der Waals surface area contributed by atoms with Crippen LogP contribution < -0.4 is 5.32 Å². The summed E-state index contributed by atoms with van der Waals surface area (Å²) in [6, 6.07) is 7.81. The highest BCUT2D eigenvalue weighted by Gasteiger charge is 2.16. The summed E-state index contributed by atoms with van der Waals surface area (Å²) in [5.74, 6) is -0.00146. The molecule has 0 spiro atoms. The number of aryl methyl sites for hydroxylation is 2. The van der Waals surface area contributed by atoms with E-state index >= 15 is 0 Å². The molecule has 0 aliphatic heterocycles. The second-order valence-corrected chi connectivity index (χ2v) is 6.95. The second-order valence-electron chi connectivity index (χ2n) is 4.95. The minimum Gasteiger partial charge on any atom is -0.302 e. The molecule has 1 N–H and O–H groups in total. The van der Waals surface area contributed by atoms with Crippen molar-refractivity contribution in [3.05, 3.63) is 44.9 Å². The number of hydrogen-bond donors (Lipinski definition) is 1. The smallest absolute Gasteiger partial charge is 0.230 e. The first-order chi connectivity index (χ1) is 9.70. The Bertz CT molecular complexity index is 598. The fourth-order valence-corrected chi connectivity index (χ4v) is 3.69. The maximum atomic E-state index is 12.0. The zero-order valence-corrected chi connectivity index (χ0v) is 13.4. The number of fused-ring (bicyclic) bond motifs is 1. The predicted molar refractivity (Wildman–Crippen MR) is 85.2 cm³/mol. The third-order valence-electron chi connectivity index (χ3n) is 3.37. The van der Waals surface area contributed by atoms with Gasteiger partial charge in [0.05, 0.1) is 12.1 Å². The number of thiazole rings is 1. The van der Waals surface area contributed by atoms with Gasteiger partial charge in [-0.15, -0.1) is 11.3 Å². The lowest BCUT2D eigenvalue weighted by Gasteiger charge is -2.06. The number of nitrogens with zero attached hydrogens (tertiary/aromatic N) is 1. The minimum atomic E-state index is -0.00146.